The molecule has 5 nitrogen and oxygen atoms in total. The van der Waals surface area contributed by atoms with Crippen LogP contribution in [0.1, 0.15) is 45.1 Å². The lowest BCUT2D eigenvalue weighted by Crippen LogP contribution is -2.33. The van der Waals surface area contributed by atoms with E-state index in [9.17, 15) is 5.11 Å². The number of ether oxygens (including phenoxy) is 4. The Morgan fingerprint density at radius 1 is 1.11 bits per heavy atom. The van der Waals surface area contributed by atoms with E-state index >= 15 is 0 Å². The lowest BCUT2D eigenvalue weighted by Gasteiger charge is -2.33. The van der Waals surface area contributed by atoms with E-state index in [0.29, 0.717) is 13.2 Å². The summed E-state index contributed by atoms with van der Waals surface area (Å²) in [5.74, 6) is 1.24. The highest BCUT2D eigenvalue weighted by atomic mass is 16.7. The number of benzene rings is 2. The molecule has 3 rings (SSSR count). The SMILES string of the molecule is COc1ccc(CO[C@H]([C@H](C)/C=C(C)/C=C/[C@H]2O[C@@H](c3ccccc3)OC[C@@H]2C)[C@H](C)CO)cc1. The number of hydrogen-bond acceptors (Lipinski definition) is 5. The van der Waals surface area contributed by atoms with Crippen LogP contribution in [0.3, 0.4) is 0 Å². The summed E-state index contributed by atoms with van der Waals surface area (Å²) in [7, 11) is 1.66. The molecule has 2 aromatic rings. The molecule has 0 saturated carbocycles. The van der Waals surface area contributed by atoms with Gasteiger partial charge in [0.05, 0.1) is 32.5 Å². The molecule has 1 saturated heterocycles. The number of rotatable bonds is 11. The van der Waals surface area contributed by atoms with Crippen LogP contribution >= 0.6 is 0 Å². The highest BCUT2D eigenvalue weighted by Crippen LogP contribution is 2.30. The van der Waals surface area contributed by atoms with E-state index in [0.717, 1.165) is 22.4 Å². The summed E-state index contributed by atoms with van der Waals surface area (Å²) in [6.07, 6.45) is 5.99. The molecule has 1 N–H and O–H groups in total. The van der Waals surface area contributed by atoms with Crippen molar-refractivity contribution in [3.63, 3.8) is 0 Å². The lowest BCUT2D eigenvalue weighted by molar-refractivity contribution is -0.225. The number of methoxy groups -OCH3 is 1. The summed E-state index contributed by atoms with van der Waals surface area (Å²) < 4.78 is 23.7. The van der Waals surface area contributed by atoms with Gasteiger partial charge in [-0.3, -0.25) is 0 Å². The summed E-state index contributed by atoms with van der Waals surface area (Å²) in [5, 5.41) is 9.82. The molecule has 0 amide bonds. The number of allylic oxidation sites excluding steroid dienone is 2. The summed E-state index contributed by atoms with van der Waals surface area (Å²) in [4.78, 5) is 0. The molecule has 1 aliphatic rings. The zero-order chi connectivity index (χ0) is 25.2. The fourth-order valence-electron chi connectivity index (χ4n) is 4.33. The second-order valence-electron chi connectivity index (χ2n) is 9.57. The standard InChI is InChI=1S/C30H40O5/c1-21(11-16-28-24(4)19-34-30(35-28)26-9-7-6-8-10-26)17-22(2)29(23(3)18-31)33-20-25-12-14-27(32-5)15-13-25/h6-17,22-24,28-31H,18-20H2,1-5H3/b16-11+,21-17+/t22-,23-,24+,28-,29-,30+/m1/s1. The first-order chi connectivity index (χ1) is 16.9. The van der Waals surface area contributed by atoms with Gasteiger partial charge in [0, 0.05) is 29.9 Å². The molecule has 6 atom stereocenters. The monoisotopic (exact) mass is 480 g/mol. The van der Waals surface area contributed by atoms with Crippen LogP contribution in [-0.4, -0.2) is 37.6 Å². The van der Waals surface area contributed by atoms with Crippen LogP contribution in [0.2, 0.25) is 0 Å². The number of aliphatic hydroxyl groups excluding tert-OH is 1. The van der Waals surface area contributed by atoms with E-state index in [2.05, 4.69) is 39.0 Å². The van der Waals surface area contributed by atoms with Crippen LogP contribution < -0.4 is 4.74 Å². The number of aliphatic hydroxyl groups is 1. The first-order valence-corrected chi connectivity index (χ1v) is 12.4. The van der Waals surface area contributed by atoms with E-state index in [1.807, 2.05) is 61.5 Å². The van der Waals surface area contributed by atoms with Gasteiger partial charge in [-0.2, -0.15) is 0 Å². The minimum absolute atomic E-state index is 0.0155. The minimum Gasteiger partial charge on any atom is -0.497 e. The summed E-state index contributed by atoms with van der Waals surface area (Å²) >= 11 is 0. The van der Waals surface area contributed by atoms with Gasteiger partial charge in [-0.1, -0.05) is 87.0 Å². The number of hydrogen-bond donors (Lipinski definition) is 1. The molecular formula is C30H40O5. The second-order valence-corrected chi connectivity index (χ2v) is 9.57. The third-order valence-electron chi connectivity index (χ3n) is 6.47. The smallest absolute Gasteiger partial charge is 0.184 e. The van der Waals surface area contributed by atoms with Gasteiger partial charge in [-0.15, -0.1) is 0 Å². The topological polar surface area (TPSA) is 57.2 Å². The summed E-state index contributed by atoms with van der Waals surface area (Å²) in [6, 6.07) is 17.9. The van der Waals surface area contributed by atoms with Gasteiger partial charge in [0.25, 0.3) is 0 Å². The molecule has 1 aliphatic heterocycles. The van der Waals surface area contributed by atoms with E-state index < -0.39 is 0 Å². The van der Waals surface area contributed by atoms with E-state index in [-0.39, 0.29) is 42.9 Å². The molecule has 0 spiro atoms. The van der Waals surface area contributed by atoms with Crippen molar-refractivity contribution in [2.45, 2.75) is 52.8 Å². The molecular weight excluding hydrogens is 440 g/mol. The maximum Gasteiger partial charge on any atom is 0.184 e. The highest BCUT2D eigenvalue weighted by molar-refractivity contribution is 5.26. The van der Waals surface area contributed by atoms with Crippen molar-refractivity contribution in [2.24, 2.45) is 17.8 Å². The van der Waals surface area contributed by atoms with Crippen LogP contribution in [0.4, 0.5) is 0 Å². The van der Waals surface area contributed by atoms with Crippen LogP contribution in [-0.2, 0) is 20.8 Å². The maximum absolute atomic E-state index is 9.82. The average molecular weight is 481 g/mol. The van der Waals surface area contributed by atoms with E-state index in [4.69, 9.17) is 18.9 Å². The Bertz CT molecular complexity index is 937. The highest BCUT2D eigenvalue weighted by Gasteiger charge is 2.28. The zero-order valence-corrected chi connectivity index (χ0v) is 21.6. The molecule has 0 unspecified atom stereocenters. The normalized spacial score (nSPS) is 23.7. The van der Waals surface area contributed by atoms with Crippen molar-refractivity contribution in [3.05, 3.63) is 89.5 Å². The van der Waals surface area contributed by atoms with Gasteiger partial charge in [-0.05, 0) is 24.6 Å². The van der Waals surface area contributed by atoms with Gasteiger partial charge >= 0.3 is 0 Å². The summed E-state index contributed by atoms with van der Waals surface area (Å²) in [6.45, 7) is 9.62. The van der Waals surface area contributed by atoms with Crippen molar-refractivity contribution in [2.75, 3.05) is 20.3 Å². The quantitative estimate of drug-likeness (QED) is 0.394. The van der Waals surface area contributed by atoms with Crippen LogP contribution in [0.25, 0.3) is 0 Å². The Hall–Kier alpha value is -2.44. The van der Waals surface area contributed by atoms with Crippen LogP contribution in [0, 0.1) is 17.8 Å². The van der Waals surface area contributed by atoms with E-state index in [1.54, 1.807) is 7.11 Å². The molecule has 5 heteroatoms. The van der Waals surface area contributed by atoms with Gasteiger partial charge in [-0.25, -0.2) is 0 Å². The third kappa shape index (κ3) is 8.04. The molecule has 0 aliphatic carbocycles. The average Bonchev–Trinajstić information content (AvgIpc) is 2.89. The van der Waals surface area contributed by atoms with Crippen molar-refractivity contribution in [1.82, 2.24) is 0 Å². The lowest BCUT2D eigenvalue weighted by atomic mass is 9.91. The molecule has 190 valence electrons. The summed E-state index contributed by atoms with van der Waals surface area (Å²) in [5.41, 5.74) is 3.25. The Kier molecular flexibility index (Phi) is 10.5. The van der Waals surface area contributed by atoms with Crippen molar-refractivity contribution < 1.29 is 24.1 Å². The molecule has 0 radical (unpaired) electrons. The molecule has 35 heavy (non-hydrogen) atoms. The van der Waals surface area contributed by atoms with E-state index in [1.165, 1.54) is 0 Å². The second kappa shape index (κ2) is 13.6. The molecule has 1 fully saturated rings. The maximum atomic E-state index is 9.82. The minimum atomic E-state index is -0.341. The molecule has 0 bridgehead atoms. The van der Waals surface area contributed by atoms with Crippen LogP contribution in [0.5, 0.6) is 5.75 Å². The van der Waals surface area contributed by atoms with Gasteiger partial charge in [0.2, 0.25) is 0 Å². The Balaban J connectivity index is 1.62. The zero-order valence-electron chi connectivity index (χ0n) is 21.6. The van der Waals surface area contributed by atoms with Gasteiger partial charge in [0.1, 0.15) is 5.75 Å². The Morgan fingerprint density at radius 2 is 1.83 bits per heavy atom. The first-order valence-electron chi connectivity index (χ1n) is 12.4. The van der Waals surface area contributed by atoms with Crippen molar-refractivity contribution in [3.8, 4) is 5.75 Å². The predicted molar refractivity (Wildman–Crippen MR) is 139 cm³/mol. The fraction of sp³-hybridized carbons (Fsp3) is 0.467. The molecule has 0 aromatic heterocycles. The first kappa shape index (κ1) is 27.2. The fourth-order valence-corrected chi connectivity index (χ4v) is 4.33. The van der Waals surface area contributed by atoms with Crippen molar-refractivity contribution >= 4 is 0 Å². The molecule has 1 heterocycles. The Labute approximate surface area is 210 Å². The predicted octanol–water partition coefficient (Wildman–Crippen LogP) is 6.10. The Morgan fingerprint density at radius 3 is 2.49 bits per heavy atom. The molecule has 2 aromatic carbocycles. The van der Waals surface area contributed by atoms with Crippen molar-refractivity contribution in [1.29, 1.82) is 0 Å². The van der Waals surface area contributed by atoms with Gasteiger partial charge in [0.15, 0.2) is 6.29 Å². The third-order valence-corrected chi connectivity index (χ3v) is 6.47. The van der Waals surface area contributed by atoms with Crippen LogP contribution in [0.15, 0.2) is 78.4 Å². The largest absolute Gasteiger partial charge is 0.497 e. The van der Waals surface area contributed by atoms with Gasteiger partial charge < -0.3 is 24.1 Å².